The SMILES string of the molecule is CC(C)C(=O)Nc1nc2c(ncn2[C@@H]2O[C@H](CO)CC2=O)c(=O)[nH]1. The maximum Gasteiger partial charge on any atom is 0.280 e. The largest absolute Gasteiger partial charge is 0.394 e. The van der Waals surface area contributed by atoms with Crippen molar-refractivity contribution in [2.24, 2.45) is 5.92 Å². The molecule has 2 aromatic heterocycles. The summed E-state index contributed by atoms with van der Waals surface area (Å²) < 4.78 is 6.79. The van der Waals surface area contributed by atoms with E-state index in [1.54, 1.807) is 13.8 Å². The van der Waals surface area contributed by atoms with Gasteiger partial charge < -0.3 is 9.84 Å². The van der Waals surface area contributed by atoms with Crippen LogP contribution in [0.1, 0.15) is 26.5 Å². The van der Waals surface area contributed by atoms with Crippen LogP contribution >= 0.6 is 0 Å². The smallest absolute Gasteiger partial charge is 0.280 e. The number of ether oxygens (including phenoxy) is 1. The number of amides is 1. The summed E-state index contributed by atoms with van der Waals surface area (Å²) in [5, 5.41) is 11.6. The number of aliphatic hydroxyl groups excluding tert-OH is 1. The van der Waals surface area contributed by atoms with Gasteiger partial charge in [0.15, 0.2) is 23.2 Å². The quantitative estimate of drug-likeness (QED) is 0.688. The van der Waals surface area contributed by atoms with Crippen molar-refractivity contribution in [3.8, 4) is 0 Å². The molecule has 2 atom stereocenters. The third-order valence-corrected chi connectivity index (χ3v) is 3.68. The van der Waals surface area contributed by atoms with Gasteiger partial charge in [0.25, 0.3) is 5.56 Å². The van der Waals surface area contributed by atoms with Crippen LogP contribution in [0, 0.1) is 5.92 Å². The number of aliphatic hydroxyl groups is 1. The van der Waals surface area contributed by atoms with Crippen LogP contribution in [-0.4, -0.2) is 49.0 Å². The molecule has 1 amide bonds. The fourth-order valence-corrected chi connectivity index (χ4v) is 2.38. The molecule has 1 aliphatic heterocycles. The Morgan fingerprint density at radius 1 is 1.54 bits per heavy atom. The standard InChI is InChI=1S/C14H17N5O5/c1-6(2)11(22)17-14-16-10-9(12(23)18-14)15-5-19(10)13-8(21)3-7(4-20)24-13/h5-7,13,20H,3-4H2,1-2H3,(H2,16,17,18,22,23)/t7-,13+/m0/s1. The number of Topliss-reactive ketones (excluding diaryl/α,β-unsaturated/α-hetero) is 1. The van der Waals surface area contributed by atoms with E-state index in [1.165, 1.54) is 10.9 Å². The second-order valence-electron chi connectivity index (χ2n) is 5.85. The van der Waals surface area contributed by atoms with Gasteiger partial charge in [0.05, 0.1) is 19.0 Å². The second kappa shape index (κ2) is 6.13. The van der Waals surface area contributed by atoms with Gasteiger partial charge >= 0.3 is 0 Å². The number of carbonyl (C=O) groups is 2. The van der Waals surface area contributed by atoms with Gasteiger partial charge in [-0.05, 0) is 0 Å². The Hall–Kier alpha value is -2.59. The van der Waals surface area contributed by atoms with E-state index in [-0.39, 0.29) is 47.7 Å². The third-order valence-electron chi connectivity index (χ3n) is 3.68. The molecule has 24 heavy (non-hydrogen) atoms. The van der Waals surface area contributed by atoms with Crippen molar-refractivity contribution in [3.05, 3.63) is 16.7 Å². The molecule has 0 saturated carbocycles. The molecule has 1 aliphatic rings. The topological polar surface area (TPSA) is 139 Å². The molecule has 0 bridgehead atoms. The van der Waals surface area contributed by atoms with Crippen LogP contribution in [0.25, 0.3) is 11.2 Å². The number of anilines is 1. The van der Waals surface area contributed by atoms with E-state index in [2.05, 4.69) is 20.3 Å². The van der Waals surface area contributed by atoms with Gasteiger partial charge in [-0.3, -0.25) is 29.3 Å². The molecule has 1 saturated heterocycles. The van der Waals surface area contributed by atoms with E-state index >= 15 is 0 Å². The van der Waals surface area contributed by atoms with Crippen molar-refractivity contribution in [1.82, 2.24) is 19.5 Å². The Morgan fingerprint density at radius 2 is 2.29 bits per heavy atom. The molecule has 0 radical (unpaired) electrons. The molecule has 10 nitrogen and oxygen atoms in total. The zero-order valence-corrected chi connectivity index (χ0v) is 13.1. The summed E-state index contributed by atoms with van der Waals surface area (Å²) in [6, 6.07) is 0. The number of rotatable bonds is 4. The number of aromatic amines is 1. The minimum absolute atomic E-state index is 0.0291. The van der Waals surface area contributed by atoms with Crippen molar-refractivity contribution in [1.29, 1.82) is 0 Å². The molecule has 128 valence electrons. The highest BCUT2D eigenvalue weighted by atomic mass is 16.5. The van der Waals surface area contributed by atoms with Crippen molar-refractivity contribution in [3.63, 3.8) is 0 Å². The summed E-state index contributed by atoms with van der Waals surface area (Å²) in [6.07, 6.45) is -0.248. The molecule has 0 aliphatic carbocycles. The number of imidazole rings is 1. The van der Waals surface area contributed by atoms with Crippen LogP contribution in [0.3, 0.4) is 0 Å². The Kier molecular flexibility index (Phi) is 4.16. The summed E-state index contributed by atoms with van der Waals surface area (Å²) in [4.78, 5) is 46.5. The minimum atomic E-state index is -1.00. The van der Waals surface area contributed by atoms with Crippen molar-refractivity contribution in [2.45, 2.75) is 32.6 Å². The number of H-pyrrole nitrogens is 1. The summed E-state index contributed by atoms with van der Waals surface area (Å²) in [7, 11) is 0. The number of nitrogens with zero attached hydrogens (tertiary/aromatic N) is 3. The zero-order chi connectivity index (χ0) is 17.4. The van der Waals surface area contributed by atoms with Crippen molar-refractivity contribution >= 4 is 28.8 Å². The first-order valence-electron chi connectivity index (χ1n) is 7.47. The van der Waals surface area contributed by atoms with E-state index < -0.39 is 17.9 Å². The first-order chi connectivity index (χ1) is 11.4. The van der Waals surface area contributed by atoms with Crippen molar-refractivity contribution in [2.75, 3.05) is 11.9 Å². The van der Waals surface area contributed by atoms with Crippen LogP contribution in [-0.2, 0) is 14.3 Å². The fourth-order valence-electron chi connectivity index (χ4n) is 2.38. The second-order valence-corrected chi connectivity index (χ2v) is 5.85. The van der Waals surface area contributed by atoms with Gasteiger partial charge in [-0.25, -0.2) is 4.98 Å². The number of hydrogen-bond donors (Lipinski definition) is 3. The first-order valence-corrected chi connectivity index (χ1v) is 7.47. The Morgan fingerprint density at radius 3 is 2.92 bits per heavy atom. The number of fused-ring (bicyclic) bond motifs is 1. The number of hydrogen-bond acceptors (Lipinski definition) is 7. The summed E-state index contributed by atoms with van der Waals surface area (Å²) in [5.41, 5.74) is -0.391. The van der Waals surface area contributed by atoms with E-state index in [1.807, 2.05) is 0 Å². The predicted octanol–water partition coefficient (Wildman–Crippen LogP) is -0.437. The maximum absolute atomic E-state index is 12.1. The maximum atomic E-state index is 12.1. The molecular formula is C14H17N5O5. The van der Waals surface area contributed by atoms with Crippen molar-refractivity contribution < 1.29 is 19.4 Å². The first kappa shape index (κ1) is 16.3. The molecule has 1 fully saturated rings. The average Bonchev–Trinajstić information content (AvgIpc) is 3.10. The summed E-state index contributed by atoms with van der Waals surface area (Å²) in [5.74, 6) is -0.877. The van der Waals surface area contributed by atoms with E-state index in [0.29, 0.717) is 0 Å². The third kappa shape index (κ3) is 2.81. The predicted molar refractivity (Wildman–Crippen MR) is 82.2 cm³/mol. The lowest BCUT2D eigenvalue weighted by molar-refractivity contribution is -0.127. The van der Waals surface area contributed by atoms with Gasteiger partial charge in [0.1, 0.15) is 0 Å². The lowest BCUT2D eigenvalue weighted by Crippen LogP contribution is -2.23. The van der Waals surface area contributed by atoms with E-state index in [9.17, 15) is 14.4 Å². The van der Waals surface area contributed by atoms with Crippen LogP contribution in [0.5, 0.6) is 0 Å². The van der Waals surface area contributed by atoms with Crippen LogP contribution in [0.2, 0.25) is 0 Å². The molecule has 3 N–H and O–H groups in total. The lowest BCUT2D eigenvalue weighted by atomic mass is 10.2. The normalized spacial score (nSPS) is 20.9. The summed E-state index contributed by atoms with van der Waals surface area (Å²) in [6.45, 7) is 3.13. The Balaban J connectivity index is 2.01. The van der Waals surface area contributed by atoms with Crippen LogP contribution in [0.15, 0.2) is 11.1 Å². The fraction of sp³-hybridized carbons (Fsp3) is 0.500. The minimum Gasteiger partial charge on any atom is -0.394 e. The molecule has 0 unspecified atom stereocenters. The number of ketones is 1. The number of aromatic nitrogens is 4. The summed E-state index contributed by atoms with van der Waals surface area (Å²) >= 11 is 0. The zero-order valence-electron chi connectivity index (χ0n) is 13.1. The molecular weight excluding hydrogens is 318 g/mol. The van der Waals surface area contributed by atoms with Crippen LogP contribution in [0.4, 0.5) is 5.95 Å². The molecule has 0 spiro atoms. The molecule has 0 aromatic carbocycles. The molecule has 3 heterocycles. The molecule has 3 rings (SSSR count). The Bertz CT molecular complexity index is 855. The van der Waals surface area contributed by atoms with Gasteiger partial charge in [-0.15, -0.1) is 0 Å². The molecule has 2 aromatic rings. The average molecular weight is 335 g/mol. The van der Waals surface area contributed by atoms with Crippen LogP contribution < -0.4 is 10.9 Å². The highest BCUT2D eigenvalue weighted by molar-refractivity contribution is 5.91. The lowest BCUT2D eigenvalue weighted by Gasteiger charge is -2.13. The number of carbonyl (C=O) groups excluding carboxylic acids is 2. The van der Waals surface area contributed by atoms with Gasteiger partial charge in [-0.1, -0.05) is 13.8 Å². The highest BCUT2D eigenvalue weighted by Gasteiger charge is 2.35. The van der Waals surface area contributed by atoms with Gasteiger partial charge in [-0.2, -0.15) is 4.98 Å². The highest BCUT2D eigenvalue weighted by Crippen LogP contribution is 2.27. The molecule has 10 heteroatoms. The van der Waals surface area contributed by atoms with Gasteiger partial charge in [0, 0.05) is 12.3 Å². The number of nitrogens with one attached hydrogen (secondary N) is 2. The van der Waals surface area contributed by atoms with E-state index in [0.717, 1.165) is 0 Å². The monoisotopic (exact) mass is 335 g/mol. The van der Waals surface area contributed by atoms with E-state index in [4.69, 9.17) is 9.84 Å². The van der Waals surface area contributed by atoms with Gasteiger partial charge in [0.2, 0.25) is 11.9 Å². The Labute approximate surface area is 135 Å².